The summed E-state index contributed by atoms with van der Waals surface area (Å²) in [7, 11) is 0. The summed E-state index contributed by atoms with van der Waals surface area (Å²) in [6.07, 6.45) is 6.49. The van der Waals surface area contributed by atoms with E-state index in [0.717, 1.165) is 17.4 Å². The van der Waals surface area contributed by atoms with Crippen molar-refractivity contribution >= 4 is 5.91 Å². The number of carbonyl (C=O) groups excluding carboxylic acids is 1. The van der Waals surface area contributed by atoms with Gasteiger partial charge in [0, 0.05) is 5.92 Å². The third kappa shape index (κ3) is 2.59. The summed E-state index contributed by atoms with van der Waals surface area (Å²) in [5, 5.41) is 0. The van der Waals surface area contributed by atoms with Crippen LogP contribution in [0.5, 0.6) is 0 Å². The molecule has 4 aliphatic rings. The van der Waals surface area contributed by atoms with Crippen molar-refractivity contribution in [1.29, 1.82) is 0 Å². The first-order valence-corrected chi connectivity index (χ1v) is 8.25. The van der Waals surface area contributed by atoms with Crippen LogP contribution in [0.2, 0.25) is 0 Å². The predicted octanol–water partition coefficient (Wildman–Crippen LogP) is 3.31. The summed E-state index contributed by atoms with van der Waals surface area (Å²) in [4.78, 5) is 17.9. The number of rotatable bonds is 4. The Morgan fingerprint density at radius 3 is 2.24 bits per heavy atom. The van der Waals surface area contributed by atoms with Gasteiger partial charge in [0.15, 0.2) is 0 Å². The zero-order valence-electron chi connectivity index (χ0n) is 12.3. The molecule has 0 aliphatic heterocycles. The minimum atomic E-state index is 0.125. The van der Waals surface area contributed by atoms with E-state index in [1.807, 2.05) is 30.3 Å². The van der Waals surface area contributed by atoms with Crippen molar-refractivity contribution in [1.82, 2.24) is 5.48 Å². The summed E-state index contributed by atoms with van der Waals surface area (Å²) in [6.45, 7) is 0.444. The van der Waals surface area contributed by atoms with Crippen LogP contribution in [0.3, 0.4) is 0 Å². The summed E-state index contributed by atoms with van der Waals surface area (Å²) in [5.74, 6) is 3.36. The number of hydroxylamine groups is 1. The highest BCUT2D eigenvalue weighted by molar-refractivity contribution is 5.78. The van der Waals surface area contributed by atoms with Gasteiger partial charge in [-0.25, -0.2) is 5.48 Å². The fraction of sp³-hybridized carbons (Fsp3) is 0.611. The Kier molecular flexibility index (Phi) is 3.46. The van der Waals surface area contributed by atoms with Gasteiger partial charge in [-0.15, -0.1) is 0 Å². The standard InChI is InChI=1S/C18H23NO2/c20-18(19-21-11-12-4-2-1-3-5-12)17-15-7-13-6-14(9-15)10-16(17)8-13/h1-5,13-17H,6-11H2,(H,19,20). The predicted molar refractivity (Wildman–Crippen MR) is 79.9 cm³/mol. The Balaban J connectivity index is 1.33. The molecule has 4 aliphatic carbocycles. The van der Waals surface area contributed by atoms with Crippen LogP contribution in [0, 0.1) is 29.6 Å². The van der Waals surface area contributed by atoms with Gasteiger partial charge in [-0.3, -0.25) is 9.63 Å². The van der Waals surface area contributed by atoms with Gasteiger partial charge in [0.2, 0.25) is 5.91 Å². The second kappa shape index (κ2) is 5.45. The van der Waals surface area contributed by atoms with E-state index in [0.29, 0.717) is 18.4 Å². The number of amides is 1. The lowest BCUT2D eigenvalue weighted by atomic mass is 9.52. The van der Waals surface area contributed by atoms with Crippen LogP contribution in [0.4, 0.5) is 0 Å². The van der Waals surface area contributed by atoms with Gasteiger partial charge in [0.25, 0.3) is 0 Å². The van der Waals surface area contributed by atoms with Gasteiger partial charge in [0.05, 0.1) is 6.61 Å². The number of carbonyl (C=O) groups is 1. The van der Waals surface area contributed by atoms with E-state index < -0.39 is 0 Å². The maximum absolute atomic E-state index is 12.5. The molecule has 3 heteroatoms. The van der Waals surface area contributed by atoms with Gasteiger partial charge >= 0.3 is 0 Å². The average Bonchev–Trinajstić information content (AvgIpc) is 2.47. The highest BCUT2D eigenvalue weighted by Crippen LogP contribution is 2.56. The van der Waals surface area contributed by atoms with Crippen LogP contribution < -0.4 is 5.48 Å². The molecule has 1 aromatic carbocycles. The minimum absolute atomic E-state index is 0.125. The SMILES string of the molecule is O=C(NOCc1ccccc1)C1C2CC3CC(C2)CC1C3. The molecule has 1 amide bonds. The lowest BCUT2D eigenvalue weighted by Gasteiger charge is -2.53. The minimum Gasteiger partial charge on any atom is -0.272 e. The average molecular weight is 285 g/mol. The molecule has 0 aromatic heterocycles. The van der Waals surface area contributed by atoms with Crippen molar-refractivity contribution in [3.8, 4) is 0 Å². The Morgan fingerprint density at radius 2 is 1.62 bits per heavy atom. The molecule has 21 heavy (non-hydrogen) atoms. The zero-order chi connectivity index (χ0) is 14.2. The number of hydrogen-bond acceptors (Lipinski definition) is 2. The van der Waals surface area contributed by atoms with E-state index in [1.165, 1.54) is 32.1 Å². The topological polar surface area (TPSA) is 38.3 Å². The number of nitrogens with one attached hydrogen (secondary N) is 1. The molecule has 0 heterocycles. The molecule has 0 atom stereocenters. The molecular formula is C18H23NO2. The first kappa shape index (κ1) is 13.3. The van der Waals surface area contributed by atoms with E-state index in [4.69, 9.17) is 4.84 Å². The number of hydrogen-bond donors (Lipinski definition) is 1. The van der Waals surface area contributed by atoms with E-state index in [2.05, 4.69) is 5.48 Å². The van der Waals surface area contributed by atoms with Crippen molar-refractivity contribution in [3.05, 3.63) is 35.9 Å². The first-order chi connectivity index (χ1) is 10.3. The van der Waals surface area contributed by atoms with Crippen molar-refractivity contribution < 1.29 is 9.63 Å². The maximum atomic E-state index is 12.5. The highest BCUT2D eigenvalue weighted by Gasteiger charge is 2.50. The summed E-state index contributed by atoms with van der Waals surface area (Å²) in [5.41, 5.74) is 3.81. The summed E-state index contributed by atoms with van der Waals surface area (Å²) in [6, 6.07) is 9.97. The smallest absolute Gasteiger partial charge is 0.247 e. The molecular weight excluding hydrogens is 262 g/mol. The monoisotopic (exact) mass is 285 g/mol. The van der Waals surface area contributed by atoms with Crippen molar-refractivity contribution in [2.24, 2.45) is 29.6 Å². The maximum Gasteiger partial charge on any atom is 0.247 e. The van der Waals surface area contributed by atoms with Gasteiger partial charge in [-0.1, -0.05) is 30.3 Å². The van der Waals surface area contributed by atoms with Crippen LogP contribution in [0.25, 0.3) is 0 Å². The largest absolute Gasteiger partial charge is 0.272 e. The van der Waals surface area contributed by atoms with E-state index >= 15 is 0 Å². The van der Waals surface area contributed by atoms with Crippen LogP contribution in [-0.2, 0) is 16.2 Å². The molecule has 0 saturated heterocycles. The molecule has 1 aromatic rings. The molecule has 4 bridgehead atoms. The van der Waals surface area contributed by atoms with Gasteiger partial charge in [0.1, 0.15) is 0 Å². The Hall–Kier alpha value is -1.35. The molecule has 1 N–H and O–H groups in total. The second-order valence-corrected chi connectivity index (χ2v) is 7.20. The Labute approximate surface area is 126 Å². The third-order valence-electron chi connectivity index (χ3n) is 5.78. The third-order valence-corrected chi connectivity index (χ3v) is 5.78. The highest BCUT2D eigenvalue weighted by atomic mass is 16.6. The molecule has 0 unspecified atom stereocenters. The molecule has 112 valence electrons. The first-order valence-electron chi connectivity index (χ1n) is 8.25. The second-order valence-electron chi connectivity index (χ2n) is 7.20. The lowest BCUT2D eigenvalue weighted by molar-refractivity contribution is -0.151. The quantitative estimate of drug-likeness (QED) is 0.862. The zero-order valence-corrected chi connectivity index (χ0v) is 12.3. The molecule has 4 saturated carbocycles. The normalized spacial score (nSPS) is 36.7. The van der Waals surface area contributed by atoms with Crippen molar-refractivity contribution in [2.75, 3.05) is 0 Å². The van der Waals surface area contributed by atoms with Gasteiger partial charge in [-0.05, 0) is 61.3 Å². The van der Waals surface area contributed by atoms with Crippen LogP contribution in [-0.4, -0.2) is 5.91 Å². The molecule has 4 fully saturated rings. The molecule has 5 rings (SSSR count). The van der Waals surface area contributed by atoms with Crippen LogP contribution >= 0.6 is 0 Å². The molecule has 3 nitrogen and oxygen atoms in total. The fourth-order valence-corrected chi connectivity index (χ4v) is 5.19. The Bertz CT molecular complexity index is 485. The molecule has 0 radical (unpaired) electrons. The summed E-state index contributed by atoms with van der Waals surface area (Å²) >= 11 is 0. The van der Waals surface area contributed by atoms with Gasteiger partial charge in [-0.2, -0.15) is 0 Å². The molecule has 0 spiro atoms. The van der Waals surface area contributed by atoms with Gasteiger partial charge < -0.3 is 0 Å². The van der Waals surface area contributed by atoms with E-state index in [9.17, 15) is 4.79 Å². The number of benzene rings is 1. The fourth-order valence-electron chi connectivity index (χ4n) is 5.19. The van der Waals surface area contributed by atoms with Crippen LogP contribution in [0.15, 0.2) is 30.3 Å². The van der Waals surface area contributed by atoms with Crippen molar-refractivity contribution in [2.45, 2.75) is 38.7 Å². The lowest BCUT2D eigenvalue weighted by Crippen LogP contribution is -2.50. The van der Waals surface area contributed by atoms with E-state index in [-0.39, 0.29) is 11.8 Å². The Morgan fingerprint density at radius 1 is 1.00 bits per heavy atom. The van der Waals surface area contributed by atoms with Crippen molar-refractivity contribution in [3.63, 3.8) is 0 Å². The van der Waals surface area contributed by atoms with Crippen LogP contribution in [0.1, 0.15) is 37.7 Å². The van der Waals surface area contributed by atoms with E-state index in [1.54, 1.807) is 0 Å². The summed E-state index contributed by atoms with van der Waals surface area (Å²) < 4.78 is 0.